The molecular weight excluding hydrogens is 240 g/mol. The number of likely N-dealkylation sites (tertiary alicyclic amines) is 1. The molecule has 2 unspecified atom stereocenters. The predicted octanol–water partition coefficient (Wildman–Crippen LogP) is 2.98. The summed E-state index contributed by atoms with van der Waals surface area (Å²) in [5.41, 5.74) is 0. The molecule has 0 saturated carbocycles. The number of hydrogen-bond acceptors (Lipinski definition) is 3. The molecule has 0 aromatic rings. The van der Waals surface area contributed by atoms with Gasteiger partial charge >= 0.3 is 0 Å². The van der Waals surface area contributed by atoms with Gasteiger partial charge < -0.3 is 10.2 Å². The van der Waals surface area contributed by atoms with E-state index < -0.39 is 0 Å². The van der Waals surface area contributed by atoms with Gasteiger partial charge in [0.05, 0.1) is 0 Å². The molecule has 1 N–H and O–H groups in total. The maximum Gasteiger partial charge on any atom is 0.00853 e. The van der Waals surface area contributed by atoms with Gasteiger partial charge in [0, 0.05) is 18.6 Å². The fraction of sp³-hybridized carbons (Fsp3) is 1.00. The van der Waals surface area contributed by atoms with Crippen LogP contribution in [0.5, 0.6) is 0 Å². The standard InChI is InChI=1S/C15H30N2S/c1-3-8-17-9-4-5-14(12-17)13(2)16-15-6-10-18-11-7-15/h13-16H,3-12H2,1-2H3. The third-order valence-corrected chi connectivity index (χ3v) is 5.56. The van der Waals surface area contributed by atoms with Crippen LogP contribution in [-0.2, 0) is 0 Å². The second-order valence-corrected chi connectivity index (χ2v) is 7.27. The van der Waals surface area contributed by atoms with Gasteiger partial charge in [-0.2, -0.15) is 11.8 Å². The molecule has 0 amide bonds. The molecule has 2 saturated heterocycles. The van der Waals surface area contributed by atoms with E-state index in [2.05, 4.69) is 35.8 Å². The van der Waals surface area contributed by atoms with E-state index >= 15 is 0 Å². The highest BCUT2D eigenvalue weighted by Crippen LogP contribution is 2.23. The van der Waals surface area contributed by atoms with Crippen molar-refractivity contribution < 1.29 is 0 Å². The van der Waals surface area contributed by atoms with Crippen molar-refractivity contribution in [2.45, 2.75) is 58.0 Å². The fourth-order valence-electron chi connectivity index (χ4n) is 3.39. The molecule has 0 radical (unpaired) electrons. The third kappa shape index (κ3) is 4.43. The zero-order valence-corrected chi connectivity index (χ0v) is 13.0. The molecule has 0 aromatic carbocycles. The van der Waals surface area contributed by atoms with Crippen LogP contribution in [0.2, 0.25) is 0 Å². The van der Waals surface area contributed by atoms with E-state index in [-0.39, 0.29) is 0 Å². The molecule has 0 bridgehead atoms. The number of rotatable bonds is 5. The molecule has 2 aliphatic heterocycles. The molecule has 2 heterocycles. The zero-order chi connectivity index (χ0) is 12.8. The lowest BCUT2D eigenvalue weighted by molar-refractivity contribution is 0.146. The molecule has 2 fully saturated rings. The van der Waals surface area contributed by atoms with E-state index in [1.54, 1.807) is 0 Å². The van der Waals surface area contributed by atoms with Gasteiger partial charge in [-0.3, -0.25) is 0 Å². The molecule has 2 rings (SSSR count). The Balaban J connectivity index is 1.74. The van der Waals surface area contributed by atoms with Gasteiger partial charge in [0.25, 0.3) is 0 Å². The fourth-order valence-corrected chi connectivity index (χ4v) is 4.50. The number of nitrogens with one attached hydrogen (secondary N) is 1. The van der Waals surface area contributed by atoms with Gasteiger partial charge in [0.15, 0.2) is 0 Å². The van der Waals surface area contributed by atoms with Crippen LogP contribution in [0, 0.1) is 5.92 Å². The maximum atomic E-state index is 3.91. The minimum Gasteiger partial charge on any atom is -0.311 e. The van der Waals surface area contributed by atoms with Crippen LogP contribution in [0.15, 0.2) is 0 Å². The molecule has 106 valence electrons. The van der Waals surface area contributed by atoms with Crippen molar-refractivity contribution in [2.24, 2.45) is 5.92 Å². The number of thioether (sulfide) groups is 1. The first-order valence-electron chi connectivity index (χ1n) is 7.85. The third-order valence-electron chi connectivity index (χ3n) is 4.51. The maximum absolute atomic E-state index is 3.91. The van der Waals surface area contributed by atoms with Crippen LogP contribution in [0.25, 0.3) is 0 Å². The number of nitrogens with zero attached hydrogens (tertiary/aromatic N) is 1. The highest BCUT2D eigenvalue weighted by molar-refractivity contribution is 7.99. The number of hydrogen-bond donors (Lipinski definition) is 1. The quantitative estimate of drug-likeness (QED) is 0.827. The van der Waals surface area contributed by atoms with Crippen LogP contribution in [0.1, 0.15) is 46.0 Å². The Hall–Kier alpha value is 0.270. The van der Waals surface area contributed by atoms with E-state index in [9.17, 15) is 0 Å². The highest BCUT2D eigenvalue weighted by Gasteiger charge is 2.26. The first-order valence-corrected chi connectivity index (χ1v) is 9.01. The van der Waals surface area contributed by atoms with Crippen LogP contribution < -0.4 is 5.32 Å². The molecule has 2 atom stereocenters. The van der Waals surface area contributed by atoms with Gasteiger partial charge in [0.2, 0.25) is 0 Å². The Labute approximate surface area is 117 Å². The summed E-state index contributed by atoms with van der Waals surface area (Å²) in [4.78, 5) is 2.67. The summed E-state index contributed by atoms with van der Waals surface area (Å²) in [6.45, 7) is 8.66. The Morgan fingerprint density at radius 2 is 2.06 bits per heavy atom. The van der Waals surface area contributed by atoms with Crippen molar-refractivity contribution in [3.05, 3.63) is 0 Å². The lowest BCUT2D eigenvalue weighted by Gasteiger charge is -2.38. The second-order valence-electron chi connectivity index (χ2n) is 6.04. The summed E-state index contributed by atoms with van der Waals surface area (Å²) >= 11 is 2.12. The van der Waals surface area contributed by atoms with Crippen molar-refractivity contribution in [3.8, 4) is 0 Å². The highest BCUT2D eigenvalue weighted by atomic mass is 32.2. The second kappa shape index (κ2) is 7.76. The van der Waals surface area contributed by atoms with Gasteiger partial charge in [-0.15, -0.1) is 0 Å². The zero-order valence-electron chi connectivity index (χ0n) is 12.2. The Bertz CT molecular complexity index is 227. The average Bonchev–Trinajstić information content (AvgIpc) is 2.40. The van der Waals surface area contributed by atoms with Crippen molar-refractivity contribution in [2.75, 3.05) is 31.1 Å². The summed E-state index contributed by atoms with van der Waals surface area (Å²) in [7, 11) is 0. The van der Waals surface area contributed by atoms with Gasteiger partial charge in [-0.25, -0.2) is 0 Å². The Morgan fingerprint density at radius 3 is 2.78 bits per heavy atom. The Kier molecular flexibility index (Phi) is 6.33. The molecule has 0 spiro atoms. The van der Waals surface area contributed by atoms with Gasteiger partial charge in [-0.05, 0) is 69.5 Å². The number of piperidine rings is 1. The van der Waals surface area contributed by atoms with Crippen LogP contribution in [0.3, 0.4) is 0 Å². The van der Waals surface area contributed by atoms with Gasteiger partial charge in [0.1, 0.15) is 0 Å². The average molecular weight is 270 g/mol. The predicted molar refractivity (Wildman–Crippen MR) is 82.4 cm³/mol. The summed E-state index contributed by atoms with van der Waals surface area (Å²) in [5, 5.41) is 3.91. The molecule has 0 aromatic heterocycles. The van der Waals surface area contributed by atoms with E-state index in [1.165, 1.54) is 63.2 Å². The molecule has 3 heteroatoms. The molecule has 2 aliphatic rings. The summed E-state index contributed by atoms with van der Waals surface area (Å²) in [6.07, 6.45) is 6.88. The van der Waals surface area contributed by atoms with Crippen LogP contribution in [0.4, 0.5) is 0 Å². The van der Waals surface area contributed by atoms with Crippen molar-refractivity contribution in [3.63, 3.8) is 0 Å². The van der Waals surface area contributed by atoms with Gasteiger partial charge in [-0.1, -0.05) is 6.92 Å². The van der Waals surface area contributed by atoms with Crippen LogP contribution >= 0.6 is 11.8 Å². The minimum absolute atomic E-state index is 0.706. The lowest BCUT2D eigenvalue weighted by atomic mass is 9.90. The molecule has 0 aliphatic carbocycles. The first-order chi connectivity index (χ1) is 8.79. The normalized spacial score (nSPS) is 29.3. The molecule has 18 heavy (non-hydrogen) atoms. The smallest absolute Gasteiger partial charge is 0.00853 e. The van der Waals surface area contributed by atoms with E-state index in [4.69, 9.17) is 0 Å². The van der Waals surface area contributed by atoms with E-state index in [0.29, 0.717) is 6.04 Å². The SMILES string of the molecule is CCCN1CCCC(C(C)NC2CCSCC2)C1. The monoisotopic (exact) mass is 270 g/mol. The van der Waals surface area contributed by atoms with E-state index in [1.807, 2.05) is 0 Å². The summed E-state index contributed by atoms with van der Waals surface area (Å²) in [5.74, 6) is 3.59. The van der Waals surface area contributed by atoms with Crippen LogP contribution in [-0.4, -0.2) is 48.1 Å². The summed E-state index contributed by atoms with van der Waals surface area (Å²) < 4.78 is 0. The molecule has 2 nitrogen and oxygen atoms in total. The van der Waals surface area contributed by atoms with E-state index in [0.717, 1.165) is 12.0 Å². The Morgan fingerprint density at radius 1 is 1.28 bits per heavy atom. The minimum atomic E-state index is 0.706. The molecular formula is C15H30N2S. The summed E-state index contributed by atoms with van der Waals surface area (Å²) in [6, 6.07) is 1.50. The largest absolute Gasteiger partial charge is 0.311 e. The lowest BCUT2D eigenvalue weighted by Crippen LogP contribution is -2.48. The van der Waals surface area contributed by atoms with Crippen molar-refractivity contribution >= 4 is 11.8 Å². The first kappa shape index (κ1) is 14.7. The van der Waals surface area contributed by atoms with Crippen molar-refractivity contribution in [1.29, 1.82) is 0 Å². The topological polar surface area (TPSA) is 15.3 Å². The van der Waals surface area contributed by atoms with Crippen molar-refractivity contribution in [1.82, 2.24) is 10.2 Å².